The van der Waals surface area contributed by atoms with E-state index in [1.165, 1.54) is 0 Å². The zero-order valence-electron chi connectivity index (χ0n) is 21.8. The third-order valence-corrected chi connectivity index (χ3v) is 8.15. The smallest absolute Gasteiger partial charge is 0.274 e. The number of likely N-dealkylation sites (tertiary alicyclic amines) is 1. The van der Waals surface area contributed by atoms with Crippen LogP contribution in [0.2, 0.25) is 5.15 Å². The van der Waals surface area contributed by atoms with Crippen molar-refractivity contribution in [1.82, 2.24) is 25.1 Å². The lowest BCUT2D eigenvalue weighted by Crippen LogP contribution is -2.59. The first-order valence-electron chi connectivity index (χ1n) is 13.1. The van der Waals surface area contributed by atoms with E-state index in [0.717, 1.165) is 51.7 Å². The van der Waals surface area contributed by atoms with Gasteiger partial charge in [-0.05, 0) is 46.0 Å². The molecule has 4 rings (SSSR count). The fraction of sp³-hybridized carbons (Fsp3) is 0.640. The number of amides is 2. The van der Waals surface area contributed by atoms with E-state index >= 15 is 0 Å². The number of anilines is 2. The first-order chi connectivity index (χ1) is 17.7. The highest BCUT2D eigenvalue weighted by Crippen LogP contribution is 2.30. The van der Waals surface area contributed by atoms with Crippen LogP contribution in [0.3, 0.4) is 0 Å². The second-order valence-electron chi connectivity index (χ2n) is 9.91. The van der Waals surface area contributed by atoms with Crippen molar-refractivity contribution in [1.29, 1.82) is 0 Å². The fourth-order valence-electron chi connectivity index (χ4n) is 5.13. The van der Waals surface area contributed by atoms with Crippen LogP contribution in [0.5, 0.6) is 0 Å². The lowest BCUT2D eigenvalue weighted by Gasteiger charge is -2.47. The molecule has 2 amide bonds. The standard InChI is InChI=1S/C25H37ClN8O2S/c1-4-17-14-33(23-21(26)30-19(22(27)31-23)24(35)29-16-6-7-16)12-13-34(17)18-8-10-32(11-9-18)25(36)20(37)15(3)28-5-2/h5,16-18,37H,4,6-14H2,1-3H3,(H2,27,31)(H,29,35)/b20-15-,28-5?. The summed E-state index contributed by atoms with van der Waals surface area (Å²) in [6, 6.07) is 0.907. The molecule has 0 aromatic carbocycles. The molecule has 3 heterocycles. The molecule has 37 heavy (non-hydrogen) atoms. The van der Waals surface area contributed by atoms with Crippen LogP contribution < -0.4 is 16.0 Å². The molecule has 3 aliphatic rings. The number of piperidine rings is 1. The molecule has 10 nitrogen and oxygen atoms in total. The average Bonchev–Trinajstić information content (AvgIpc) is 3.72. The van der Waals surface area contributed by atoms with E-state index < -0.39 is 0 Å². The Bertz CT molecular complexity index is 1080. The van der Waals surface area contributed by atoms with Crippen molar-refractivity contribution < 1.29 is 9.59 Å². The molecule has 2 aliphatic heterocycles. The third kappa shape index (κ3) is 6.38. The summed E-state index contributed by atoms with van der Waals surface area (Å²) in [6.07, 6.45) is 6.42. The summed E-state index contributed by atoms with van der Waals surface area (Å²) in [5, 5.41) is 3.08. The summed E-state index contributed by atoms with van der Waals surface area (Å²) in [6.45, 7) is 9.53. The third-order valence-electron chi connectivity index (χ3n) is 7.38. The lowest BCUT2D eigenvalue weighted by atomic mass is 9.98. The van der Waals surface area contributed by atoms with Crippen molar-refractivity contribution in [2.75, 3.05) is 43.4 Å². The van der Waals surface area contributed by atoms with Crippen LogP contribution in [0.1, 0.15) is 63.4 Å². The lowest BCUT2D eigenvalue weighted by molar-refractivity contribution is -0.128. The number of allylic oxidation sites excluding steroid dienone is 1. The molecule has 1 unspecified atom stereocenters. The van der Waals surface area contributed by atoms with Crippen LogP contribution in [0.25, 0.3) is 0 Å². The zero-order chi connectivity index (χ0) is 26.7. The Kier molecular flexibility index (Phi) is 8.97. The van der Waals surface area contributed by atoms with Gasteiger partial charge in [-0.1, -0.05) is 18.5 Å². The molecule has 2 saturated heterocycles. The molecule has 1 aromatic rings. The first-order valence-corrected chi connectivity index (χ1v) is 13.9. The normalized spacial score (nSPS) is 22.4. The van der Waals surface area contributed by atoms with Crippen LogP contribution in [-0.4, -0.2) is 88.6 Å². The molecule has 1 atom stereocenters. The Hall–Kier alpha value is -2.37. The Morgan fingerprint density at radius 3 is 2.51 bits per heavy atom. The summed E-state index contributed by atoms with van der Waals surface area (Å²) >= 11 is 10.9. The van der Waals surface area contributed by atoms with Gasteiger partial charge in [-0.2, -0.15) is 0 Å². The maximum atomic E-state index is 12.8. The second kappa shape index (κ2) is 12.0. The van der Waals surface area contributed by atoms with Gasteiger partial charge in [-0.15, -0.1) is 12.6 Å². The van der Waals surface area contributed by atoms with Crippen molar-refractivity contribution >= 4 is 53.9 Å². The minimum Gasteiger partial charge on any atom is -0.382 e. The quantitative estimate of drug-likeness (QED) is 0.272. The van der Waals surface area contributed by atoms with Crippen LogP contribution in [0.15, 0.2) is 15.6 Å². The molecule has 3 N–H and O–H groups in total. The maximum Gasteiger partial charge on any atom is 0.274 e. The number of rotatable bonds is 7. The molecule has 3 fully saturated rings. The van der Waals surface area contributed by atoms with Crippen molar-refractivity contribution in [2.24, 2.45) is 4.99 Å². The molecule has 202 valence electrons. The van der Waals surface area contributed by atoms with Crippen molar-refractivity contribution in [3.63, 3.8) is 0 Å². The maximum absolute atomic E-state index is 12.8. The van der Waals surface area contributed by atoms with Gasteiger partial charge in [-0.3, -0.25) is 19.5 Å². The summed E-state index contributed by atoms with van der Waals surface area (Å²) in [4.78, 5) is 45.2. The SMILES string of the molecule is CC=N/C(C)=C(\S)C(=O)N1CCC(N2CCN(c3nc(N)c(C(=O)NC4CC4)nc3Cl)CC2CC)CC1. The van der Waals surface area contributed by atoms with E-state index in [1.54, 1.807) is 13.1 Å². The van der Waals surface area contributed by atoms with E-state index in [2.05, 4.69) is 49.6 Å². The average molecular weight is 549 g/mol. The molecule has 1 aliphatic carbocycles. The number of nitrogen functional groups attached to an aromatic ring is 1. The molecule has 0 bridgehead atoms. The topological polar surface area (TPSA) is 120 Å². The number of hydrogen-bond acceptors (Lipinski definition) is 9. The number of carbonyl (C=O) groups excluding carboxylic acids is 2. The Balaban J connectivity index is 1.38. The number of carbonyl (C=O) groups is 2. The largest absolute Gasteiger partial charge is 0.382 e. The van der Waals surface area contributed by atoms with Gasteiger partial charge in [0.2, 0.25) is 0 Å². The number of aromatic nitrogens is 2. The number of hydrogen-bond donors (Lipinski definition) is 3. The summed E-state index contributed by atoms with van der Waals surface area (Å²) < 4.78 is 0. The van der Waals surface area contributed by atoms with Gasteiger partial charge in [0.05, 0.1) is 10.6 Å². The summed E-state index contributed by atoms with van der Waals surface area (Å²) in [5.74, 6) is 0.249. The summed E-state index contributed by atoms with van der Waals surface area (Å²) in [5.41, 5.74) is 6.85. The molecule has 1 saturated carbocycles. The Morgan fingerprint density at radius 1 is 1.19 bits per heavy atom. The summed E-state index contributed by atoms with van der Waals surface area (Å²) in [7, 11) is 0. The van der Waals surface area contributed by atoms with Gasteiger partial charge in [0.1, 0.15) is 0 Å². The molecule has 1 aromatic heterocycles. The van der Waals surface area contributed by atoms with Gasteiger partial charge in [0.25, 0.3) is 11.8 Å². The van der Waals surface area contributed by atoms with Crippen molar-refractivity contribution in [3.05, 3.63) is 21.4 Å². The Labute approximate surface area is 229 Å². The zero-order valence-corrected chi connectivity index (χ0v) is 23.4. The predicted octanol–water partition coefficient (Wildman–Crippen LogP) is 2.75. The highest BCUT2D eigenvalue weighted by Gasteiger charge is 2.36. The van der Waals surface area contributed by atoms with Gasteiger partial charge in [-0.25, -0.2) is 9.97 Å². The highest BCUT2D eigenvalue weighted by molar-refractivity contribution is 7.85. The van der Waals surface area contributed by atoms with E-state index in [4.69, 9.17) is 17.3 Å². The number of halogens is 1. The van der Waals surface area contributed by atoms with Crippen LogP contribution >= 0.6 is 24.2 Å². The monoisotopic (exact) mass is 548 g/mol. The first kappa shape index (κ1) is 27.7. The van der Waals surface area contributed by atoms with Crippen LogP contribution in [-0.2, 0) is 4.79 Å². The van der Waals surface area contributed by atoms with Crippen molar-refractivity contribution in [3.8, 4) is 0 Å². The number of piperazine rings is 1. The van der Waals surface area contributed by atoms with Gasteiger partial charge in [0.15, 0.2) is 22.5 Å². The number of nitrogens with zero attached hydrogens (tertiary/aromatic N) is 6. The van der Waals surface area contributed by atoms with E-state index in [1.807, 2.05) is 11.8 Å². The predicted molar refractivity (Wildman–Crippen MR) is 150 cm³/mol. The van der Waals surface area contributed by atoms with Gasteiger partial charge < -0.3 is 20.9 Å². The fourth-order valence-corrected chi connectivity index (χ4v) is 5.58. The van der Waals surface area contributed by atoms with E-state index in [9.17, 15) is 9.59 Å². The van der Waals surface area contributed by atoms with Crippen LogP contribution in [0.4, 0.5) is 11.6 Å². The highest BCUT2D eigenvalue weighted by atomic mass is 35.5. The number of thiol groups is 1. The number of nitrogens with two attached hydrogens (primary N) is 1. The Morgan fingerprint density at radius 2 is 1.89 bits per heavy atom. The van der Waals surface area contributed by atoms with Crippen LogP contribution in [0, 0.1) is 0 Å². The van der Waals surface area contributed by atoms with Gasteiger partial charge in [0, 0.05) is 57.1 Å². The second-order valence-corrected chi connectivity index (χ2v) is 10.7. The molecule has 0 spiro atoms. The minimum atomic E-state index is -0.323. The molecule has 0 radical (unpaired) electrons. The van der Waals surface area contributed by atoms with E-state index in [0.29, 0.717) is 41.6 Å². The number of nitrogens with one attached hydrogen (secondary N) is 1. The molecular weight excluding hydrogens is 512 g/mol. The van der Waals surface area contributed by atoms with E-state index in [-0.39, 0.29) is 34.5 Å². The molecule has 12 heteroatoms. The minimum absolute atomic E-state index is 0.0539. The number of aliphatic imine (C=N–C) groups is 1. The molecular formula is C25H37ClN8O2S. The van der Waals surface area contributed by atoms with Crippen molar-refractivity contribution in [2.45, 2.75) is 71.0 Å². The van der Waals surface area contributed by atoms with Gasteiger partial charge >= 0.3 is 0 Å².